The minimum atomic E-state index is -0.672. The van der Waals surface area contributed by atoms with Crippen molar-refractivity contribution in [3.05, 3.63) is 72.3 Å². The summed E-state index contributed by atoms with van der Waals surface area (Å²) in [6.07, 6.45) is 1.28. The average molecular weight is 333 g/mol. The number of nitrogens with zero attached hydrogens (tertiary/aromatic N) is 2. The highest BCUT2D eigenvalue weighted by molar-refractivity contribution is 6.11. The lowest BCUT2D eigenvalue weighted by atomic mass is 10.1. The van der Waals surface area contributed by atoms with E-state index in [4.69, 9.17) is 0 Å². The minimum absolute atomic E-state index is 0.239. The summed E-state index contributed by atoms with van der Waals surface area (Å²) in [6, 6.07) is 16.6. The highest BCUT2D eigenvalue weighted by atomic mass is 19.1. The van der Waals surface area contributed by atoms with Crippen molar-refractivity contribution in [1.82, 2.24) is 9.55 Å². The van der Waals surface area contributed by atoms with E-state index in [1.165, 1.54) is 17.8 Å². The Morgan fingerprint density at radius 2 is 1.88 bits per heavy atom. The molecule has 2 heterocycles. The molecule has 25 heavy (non-hydrogen) atoms. The Labute approximate surface area is 143 Å². The number of fused-ring (bicyclic) bond motifs is 3. The van der Waals surface area contributed by atoms with Crippen LogP contribution in [0.15, 0.2) is 60.8 Å². The summed E-state index contributed by atoms with van der Waals surface area (Å²) < 4.78 is 15.4. The molecule has 4 nitrogen and oxygen atoms in total. The molecule has 4 rings (SSSR count). The van der Waals surface area contributed by atoms with Gasteiger partial charge in [-0.15, -0.1) is 0 Å². The van der Waals surface area contributed by atoms with Crippen LogP contribution in [0.2, 0.25) is 0 Å². The van der Waals surface area contributed by atoms with Gasteiger partial charge in [-0.05, 0) is 37.3 Å². The van der Waals surface area contributed by atoms with Crippen LogP contribution in [0, 0.1) is 5.95 Å². The van der Waals surface area contributed by atoms with Crippen LogP contribution in [-0.4, -0.2) is 15.5 Å². The van der Waals surface area contributed by atoms with Gasteiger partial charge >= 0.3 is 0 Å². The first-order valence-corrected chi connectivity index (χ1v) is 8.11. The SMILES string of the molecule is CCn1c2ccccc2c2cc(NC(=O)c3ccnc(F)c3)ccc21. The van der Waals surface area contributed by atoms with Crippen LogP contribution >= 0.6 is 0 Å². The molecule has 0 fully saturated rings. The first-order chi connectivity index (χ1) is 12.2. The zero-order valence-electron chi connectivity index (χ0n) is 13.7. The average Bonchev–Trinajstić information content (AvgIpc) is 2.95. The van der Waals surface area contributed by atoms with E-state index in [-0.39, 0.29) is 11.5 Å². The summed E-state index contributed by atoms with van der Waals surface area (Å²) in [5, 5.41) is 5.05. The van der Waals surface area contributed by atoms with Crippen LogP contribution in [0.4, 0.5) is 10.1 Å². The third-order valence-corrected chi connectivity index (χ3v) is 4.34. The summed E-state index contributed by atoms with van der Waals surface area (Å²) >= 11 is 0. The Balaban J connectivity index is 1.76. The third kappa shape index (κ3) is 2.63. The number of anilines is 1. The van der Waals surface area contributed by atoms with Gasteiger partial charge in [-0.1, -0.05) is 18.2 Å². The normalized spacial score (nSPS) is 11.1. The number of rotatable bonds is 3. The predicted octanol–water partition coefficient (Wildman–Crippen LogP) is 4.60. The Bertz CT molecular complexity index is 1100. The van der Waals surface area contributed by atoms with E-state index in [0.29, 0.717) is 5.69 Å². The summed E-state index contributed by atoms with van der Waals surface area (Å²) in [6.45, 7) is 2.98. The fourth-order valence-electron chi connectivity index (χ4n) is 3.22. The number of pyridine rings is 1. The van der Waals surface area contributed by atoms with Crippen molar-refractivity contribution < 1.29 is 9.18 Å². The Morgan fingerprint density at radius 1 is 1.08 bits per heavy atom. The van der Waals surface area contributed by atoms with E-state index in [2.05, 4.69) is 33.9 Å². The molecule has 0 saturated heterocycles. The van der Waals surface area contributed by atoms with Gasteiger partial charge < -0.3 is 9.88 Å². The molecule has 1 N–H and O–H groups in total. The van der Waals surface area contributed by atoms with Crippen LogP contribution in [0.3, 0.4) is 0 Å². The Morgan fingerprint density at radius 3 is 2.68 bits per heavy atom. The van der Waals surface area contributed by atoms with E-state index in [9.17, 15) is 9.18 Å². The molecule has 0 radical (unpaired) electrons. The molecule has 124 valence electrons. The molecule has 4 aromatic rings. The number of carbonyl (C=O) groups is 1. The number of amides is 1. The lowest BCUT2D eigenvalue weighted by Crippen LogP contribution is -2.12. The third-order valence-electron chi connectivity index (χ3n) is 4.34. The molecule has 5 heteroatoms. The van der Waals surface area contributed by atoms with Gasteiger partial charge in [0.05, 0.1) is 0 Å². The lowest BCUT2D eigenvalue weighted by molar-refractivity contribution is 0.102. The van der Waals surface area contributed by atoms with Crippen molar-refractivity contribution in [3.8, 4) is 0 Å². The van der Waals surface area contributed by atoms with Crippen molar-refractivity contribution in [1.29, 1.82) is 0 Å². The highest BCUT2D eigenvalue weighted by Crippen LogP contribution is 2.31. The van der Waals surface area contributed by atoms with Gasteiger partial charge in [0.25, 0.3) is 5.91 Å². The Hall–Kier alpha value is -3.21. The second kappa shape index (κ2) is 6.02. The number of aromatic nitrogens is 2. The first kappa shape index (κ1) is 15.3. The summed E-state index contributed by atoms with van der Waals surface area (Å²) in [5.74, 6) is -1.03. The smallest absolute Gasteiger partial charge is 0.255 e. The van der Waals surface area contributed by atoms with Crippen molar-refractivity contribution in [2.45, 2.75) is 13.5 Å². The number of hydrogen-bond acceptors (Lipinski definition) is 2. The molecule has 1 amide bonds. The summed E-state index contributed by atoms with van der Waals surface area (Å²) in [4.78, 5) is 15.8. The molecule has 0 aliphatic heterocycles. The fraction of sp³-hybridized carbons (Fsp3) is 0.100. The molecule has 0 aliphatic rings. The largest absolute Gasteiger partial charge is 0.341 e. The number of nitrogens with one attached hydrogen (secondary N) is 1. The van der Waals surface area contributed by atoms with E-state index < -0.39 is 5.95 Å². The molecular formula is C20H16FN3O. The molecule has 0 bridgehead atoms. The van der Waals surface area contributed by atoms with E-state index >= 15 is 0 Å². The van der Waals surface area contributed by atoms with E-state index in [1.807, 2.05) is 30.3 Å². The Kier molecular flexibility index (Phi) is 3.69. The van der Waals surface area contributed by atoms with Crippen LogP contribution < -0.4 is 5.32 Å². The van der Waals surface area contributed by atoms with Crippen LogP contribution in [-0.2, 0) is 6.54 Å². The zero-order valence-corrected chi connectivity index (χ0v) is 13.7. The molecule has 0 unspecified atom stereocenters. The molecule has 0 saturated carbocycles. The first-order valence-electron chi connectivity index (χ1n) is 8.11. The van der Waals surface area contributed by atoms with Crippen LogP contribution in [0.25, 0.3) is 21.8 Å². The summed E-state index contributed by atoms with van der Waals surface area (Å²) in [5.41, 5.74) is 3.20. The van der Waals surface area contributed by atoms with Gasteiger partial charge in [0.15, 0.2) is 0 Å². The van der Waals surface area contributed by atoms with Crippen LogP contribution in [0.1, 0.15) is 17.3 Å². The van der Waals surface area contributed by atoms with Gasteiger partial charge in [-0.3, -0.25) is 4.79 Å². The lowest BCUT2D eigenvalue weighted by Gasteiger charge is -2.07. The van der Waals surface area contributed by atoms with Crippen molar-refractivity contribution in [2.75, 3.05) is 5.32 Å². The number of halogens is 1. The maximum atomic E-state index is 13.2. The summed E-state index contributed by atoms with van der Waals surface area (Å²) in [7, 11) is 0. The number of benzene rings is 2. The minimum Gasteiger partial charge on any atom is -0.341 e. The van der Waals surface area contributed by atoms with Crippen molar-refractivity contribution in [2.24, 2.45) is 0 Å². The van der Waals surface area contributed by atoms with Crippen LogP contribution in [0.5, 0.6) is 0 Å². The van der Waals surface area contributed by atoms with Crippen molar-refractivity contribution >= 4 is 33.4 Å². The van der Waals surface area contributed by atoms with E-state index in [1.54, 1.807) is 0 Å². The van der Waals surface area contributed by atoms with Gasteiger partial charge in [-0.25, -0.2) is 4.98 Å². The fourth-order valence-corrected chi connectivity index (χ4v) is 3.22. The number of para-hydroxylation sites is 1. The van der Waals surface area contributed by atoms with Gasteiger partial charge in [0, 0.05) is 51.9 Å². The zero-order chi connectivity index (χ0) is 17.4. The van der Waals surface area contributed by atoms with Gasteiger partial charge in [0.2, 0.25) is 5.95 Å². The maximum Gasteiger partial charge on any atom is 0.255 e. The standard InChI is InChI=1S/C20H16FN3O/c1-2-24-17-6-4-3-5-15(17)16-12-14(7-8-18(16)24)23-20(25)13-9-10-22-19(21)11-13/h3-12H,2H2,1H3,(H,23,25). The monoisotopic (exact) mass is 333 g/mol. The highest BCUT2D eigenvalue weighted by Gasteiger charge is 2.12. The topological polar surface area (TPSA) is 46.9 Å². The number of aryl methyl sites for hydroxylation is 1. The van der Waals surface area contributed by atoms with Crippen molar-refractivity contribution in [3.63, 3.8) is 0 Å². The predicted molar refractivity (Wildman–Crippen MR) is 97.3 cm³/mol. The molecule has 0 spiro atoms. The molecule has 0 atom stereocenters. The van der Waals surface area contributed by atoms with Gasteiger partial charge in [0.1, 0.15) is 0 Å². The van der Waals surface area contributed by atoms with E-state index in [0.717, 1.165) is 28.9 Å². The maximum absolute atomic E-state index is 13.2. The molecule has 2 aromatic carbocycles. The second-order valence-electron chi connectivity index (χ2n) is 5.81. The number of carbonyl (C=O) groups excluding carboxylic acids is 1. The van der Waals surface area contributed by atoms with Gasteiger partial charge in [-0.2, -0.15) is 4.39 Å². The second-order valence-corrected chi connectivity index (χ2v) is 5.81. The number of hydrogen-bond donors (Lipinski definition) is 1. The quantitative estimate of drug-likeness (QED) is 0.557. The molecule has 2 aromatic heterocycles. The molecular weight excluding hydrogens is 317 g/mol. The molecule has 0 aliphatic carbocycles.